The summed E-state index contributed by atoms with van der Waals surface area (Å²) in [6.07, 6.45) is 2.42. The molecule has 1 fully saturated rings. The highest BCUT2D eigenvalue weighted by molar-refractivity contribution is 5.76. The summed E-state index contributed by atoms with van der Waals surface area (Å²) >= 11 is 0. The van der Waals surface area contributed by atoms with Crippen LogP contribution >= 0.6 is 0 Å². The first kappa shape index (κ1) is 16.8. The maximum Gasteiger partial charge on any atom is 0.317 e. The summed E-state index contributed by atoms with van der Waals surface area (Å²) in [4.78, 5) is 24.8. The number of aliphatic hydroxyl groups excluding tert-OH is 1. The second kappa shape index (κ2) is 6.92. The number of nitrogens with zero attached hydrogens (tertiary/aromatic N) is 1. The SMILES string of the molecule is CC(C)(C)CC(CNC(=O)N(CCO)C1CC1)C(=O)O. The lowest BCUT2D eigenvalue weighted by molar-refractivity contribution is -0.142. The molecule has 0 radical (unpaired) electrons. The molecular weight excluding hydrogens is 260 g/mol. The minimum absolute atomic E-state index is 0.0751. The van der Waals surface area contributed by atoms with E-state index in [9.17, 15) is 14.7 Å². The summed E-state index contributed by atoms with van der Waals surface area (Å²) in [5.41, 5.74) is -0.102. The van der Waals surface area contributed by atoms with Crippen molar-refractivity contribution in [3.8, 4) is 0 Å². The van der Waals surface area contributed by atoms with Crippen molar-refractivity contribution >= 4 is 12.0 Å². The zero-order valence-electron chi connectivity index (χ0n) is 12.6. The van der Waals surface area contributed by atoms with Crippen molar-refractivity contribution in [3.63, 3.8) is 0 Å². The second-order valence-electron chi connectivity index (χ2n) is 6.63. The third-order valence-electron chi connectivity index (χ3n) is 3.30. The fourth-order valence-electron chi connectivity index (χ4n) is 2.24. The molecular formula is C14H26N2O4. The Morgan fingerprint density at radius 3 is 2.35 bits per heavy atom. The highest BCUT2D eigenvalue weighted by Crippen LogP contribution is 2.27. The highest BCUT2D eigenvalue weighted by Gasteiger charge is 2.33. The number of aliphatic hydroxyl groups is 1. The van der Waals surface area contributed by atoms with E-state index in [4.69, 9.17) is 5.11 Å². The number of hydrogen-bond donors (Lipinski definition) is 3. The topological polar surface area (TPSA) is 89.9 Å². The van der Waals surface area contributed by atoms with Crippen LogP contribution in [0.4, 0.5) is 4.79 Å². The van der Waals surface area contributed by atoms with Crippen LogP contribution in [-0.2, 0) is 4.79 Å². The molecule has 0 aromatic heterocycles. The van der Waals surface area contributed by atoms with Crippen LogP contribution in [-0.4, -0.2) is 52.9 Å². The van der Waals surface area contributed by atoms with Gasteiger partial charge in [-0.2, -0.15) is 0 Å². The standard InChI is InChI=1S/C14H26N2O4/c1-14(2,3)8-10(12(18)19)9-15-13(20)16(6-7-17)11-4-5-11/h10-11,17H,4-9H2,1-3H3,(H,15,20)(H,18,19). The van der Waals surface area contributed by atoms with Crippen LogP contribution in [0.5, 0.6) is 0 Å². The first-order chi connectivity index (χ1) is 9.24. The molecule has 0 heterocycles. The summed E-state index contributed by atoms with van der Waals surface area (Å²) in [5, 5.41) is 20.9. The molecule has 1 saturated carbocycles. The van der Waals surface area contributed by atoms with E-state index in [-0.39, 0.29) is 30.6 Å². The number of aliphatic carboxylic acids is 1. The van der Waals surface area contributed by atoms with Crippen LogP contribution in [0.15, 0.2) is 0 Å². The van der Waals surface area contributed by atoms with Gasteiger partial charge in [0.25, 0.3) is 0 Å². The minimum atomic E-state index is -0.889. The van der Waals surface area contributed by atoms with Gasteiger partial charge in [0.15, 0.2) is 0 Å². The molecule has 2 amide bonds. The van der Waals surface area contributed by atoms with Crippen molar-refractivity contribution < 1.29 is 19.8 Å². The number of nitrogens with one attached hydrogen (secondary N) is 1. The van der Waals surface area contributed by atoms with Gasteiger partial charge >= 0.3 is 12.0 Å². The van der Waals surface area contributed by atoms with Gasteiger partial charge in [0, 0.05) is 19.1 Å². The Kier molecular flexibility index (Phi) is 5.80. The molecule has 3 N–H and O–H groups in total. The first-order valence-electron chi connectivity index (χ1n) is 7.12. The monoisotopic (exact) mass is 286 g/mol. The average molecular weight is 286 g/mol. The molecule has 1 unspecified atom stereocenters. The molecule has 0 bridgehead atoms. The fraction of sp³-hybridized carbons (Fsp3) is 0.857. The van der Waals surface area contributed by atoms with Crippen LogP contribution in [0.25, 0.3) is 0 Å². The molecule has 1 aliphatic carbocycles. The molecule has 6 nitrogen and oxygen atoms in total. The third kappa shape index (κ3) is 5.77. The third-order valence-corrected chi connectivity index (χ3v) is 3.30. The number of rotatable bonds is 7. The van der Waals surface area contributed by atoms with Crippen LogP contribution < -0.4 is 5.32 Å². The maximum absolute atomic E-state index is 12.0. The summed E-state index contributed by atoms with van der Waals surface area (Å²) in [6, 6.07) is -0.0743. The molecule has 20 heavy (non-hydrogen) atoms. The van der Waals surface area contributed by atoms with Gasteiger partial charge < -0.3 is 20.4 Å². The van der Waals surface area contributed by atoms with Crippen molar-refractivity contribution in [2.75, 3.05) is 19.7 Å². The molecule has 0 aromatic rings. The molecule has 0 aliphatic heterocycles. The number of carboxylic acids is 1. The lowest BCUT2D eigenvalue weighted by Crippen LogP contribution is -2.45. The van der Waals surface area contributed by atoms with E-state index in [0.29, 0.717) is 13.0 Å². The normalized spacial score (nSPS) is 16.6. The van der Waals surface area contributed by atoms with Crippen LogP contribution in [0, 0.1) is 11.3 Å². The van der Waals surface area contributed by atoms with Gasteiger partial charge in [0.2, 0.25) is 0 Å². The Balaban J connectivity index is 2.49. The summed E-state index contributed by atoms with van der Waals surface area (Å²) in [6.45, 7) is 6.29. The van der Waals surface area contributed by atoms with E-state index >= 15 is 0 Å². The largest absolute Gasteiger partial charge is 0.481 e. The number of hydrogen-bond acceptors (Lipinski definition) is 3. The molecule has 1 atom stereocenters. The summed E-state index contributed by atoms with van der Waals surface area (Å²) in [7, 11) is 0. The van der Waals surface area contributed by atoms with Crippen molar-refractivity contribution in [1.29, 1.82) is 0 Å². The molecule has 0 aromatic carbocycles. The zero-order valence-corrected chi connectivity index (χ0v) is 12.6. The van der Waals surface area contributed by atoms with E-state index in [2.05, 4.69) is 5.32 Å². The summed E-state index contributed by atoms with van der Waals surface area (Å²) in [5.74, 6) is -1.48. The minimum Gasteiger partial charge on any atom is -0.481 e. The Bertz CT molecular complexity index is 348. The summed E-state index contributed by atoms with van der Waals surface area (Å²) < 4.78 is 0. The fourth-order valence-corrected chi connectivity index (χ4v) is 2.24. The van der Waals surface area contributed by atoms with Gasteiger partial charge in [-0.3, -0.25) is 4.79 Å². The maximum atomic E-state index is 12.0. The smallest absolute Gasteiger partial charge is 0.317 e. The van der Waals surface area contributed by atoms with E-state index < -0.39 is 11.9 Å². The van der Waals surface area contributed by atoms with Gasteiger partial charge in [-0.05, 0) is 24.7 Å². The number of urea groups is 1. The van der Waals surface area contributed by atoms with E-state index in [1.54, 1.807) is 4.90 Å². The highest BCUT2D eigenvalue weighted by atomic mass is 16.4. The van der Waals surface area contributed by atoms with Gasteiger partial charge in [-0.15, -0.1) is 0 Å². The van der Waals surface area contributed by atoms with Crippen molar-refractivity contribution in [2.24, 2.45) is 11.3 Å². The Morgan fingerprint density at radius 1 is 1.35 bits per heavy atom. The number of carboxylic acid groups (broad SMARTS) is 1. The quantitative estimate of drug-likeness (QED) is 0.658. The van der Waals surface area contributed by atoms with Crippen molar-refractivity contribution in [1.82, 2.24) is 10.2 Å². The lowest BCUT2D eigenvalue weighted by Gasteiger charge is -2.26. The van der Waals surface area contributed by atoms with Gasteiger partial charge in [-0.1, -0.05) is 20.8 Å². The molecule has 0 saturated heterocycles. The molecule has 116 valence electrons. The molecule has 1 rings (SSSR count). The van der Waals surface area contributed by atoms with Crippen LogP contribution in [0.2, 0.25) is 0 Å². The molecule has 6 heteroatoms. The van der Waals surface area contributed by atoms with Gasteiger partial charge in [0.05, 0.1) is 12.5 Å². The first-order valence-corrected chi connectivity index (χ1v) is 7.12. The van der Waals surface area contributed by atoms with Gasteiger partial charge in [0.1, 0.15) is 0 Å². The van der Waals surface area contributed by atoms with Crippen LogP contribution in [0.1, 0.15) is 40.0 Å². The van der Waals surface area contributed by atoms with Crippen molar-refractivity contribution in [2.45, 2.75) is 46.1 Å². The average Bonchev–Trinajstić information content (AvgIpc) is 3.13. The molecule has 0 spiro atoms. The number of amides is 2. The zero-order chi connectivity index (χ0) is 15.3. The van der Waals surface area contributed by atoms with E-state index in [1.807, 2.05) is 20.8 Å². The Labute approximate surface area is 120 Å². The number of carbonyl (C=O) groups is 2. The Morgan fingerprint density at radius 2 is 1.95 bits per heavy atom. The lowest BCUT2D eigenvalue weighted by atomic mass is 9.84. The predicted molar refractivity (Wildman–Crippen MR) is 75.4 cm³/mol. The van der Waals surface area contributed by atoms with E-state index in [1.165, 1.54) is 0 Å². The predicted octanol–water partition coefficient (Wildman–Crippen LogP) is 1.29. The second-order valence-corrected chi connectivity index (χ2v) is 6.63. The molecule has 1 aliphatic rings. The number of carbonyl (C=O) groups excluding carboxylic acids is 1. The van der Waals surface area contributed by atoms with Crippen LogP contribution in [0.3, 0.4) is 0 Å². The van der Waals surface area contributed by atoms with Gasteiger partial charge in [-0.25, -0.2) is 4.79 Å². The Hall–Kier alpha value is -1.30. The van der Waals surface area contributed by atoms with Crippen molar-refractivity contribution in [3.05, 3.63) is 0 Å². The van der Waals surface area contributed by atoms with E-state index in [0.717, 1.165) is 12.8 Å².